The largest absolute Gasteiger partial charge is 0.481 e. The Morgan fingerprint density at radius 2 is 1.71 bits per heavy atom. The van der Waals surface area contributed by atoms with Crippen LogP contribution in [-0.2, 0) is 19.4 Å². The molecule has 2 unspecified atom stereocenters. The summed E-state index contributed by atoms with van der Waals surface area (Å²) < 4.78 is 55.6. The van der Waals surface area contributed by atoms with Crippen molar-refractivity contribution in [3.8, 4) is 0 Å². The van der Waals surface area contributed by atoms with Gasteiger partial charge in [-0.3, -0.25) is 9.59 Å². The number of carboxylic acid groups (broad SMARTS) is 1. The maximum Gasteiger partial charge on any atom is 0.304 e. The average Bonchev–Trinajstić information content (AvgIpc) is 3.74. The van der Waals surface area contributed by atoms with Crippen molar-refractivity contribution >= 4 is 44.9 Å². The lowest BCUT2D eigenvalue weighted by atomic mass is 9.67. The molecule has 1 N–H and O–H groups in total. The Bertz CT molecular complexity index is 1630. The van der Waals surface area contributed by atoms with Gasteiger partial charge in [-0.1, -0.05) is 54.4 Å². The highest BCUT2D eigenvalue weighted by Gasteiger charge is 2.55. The van der Waals surface area contributed by atoms with E-state index in [2.05, 4.69) is 0 Å². The minimum atomic E-state index is -4.34. The third-order valence-corrected chi connectivity index (χ3v) is 10.5. The van der Waals surface area contributed by atoms with Crippen LogP contribution in [0.15, 0.2) is 71.6 Å². The number of benzene rings is 3. The normalized spacial score (nSPS) is 23.5. The number of hydrogen-bond donors (Lipinski definition) is 1. The molecule has 3 aromatic rings. The standard InChI is InChI=1S/C31H29Cl2F2NO5S/c1-31(16-28(37)38)15-24(20-3-2-4-22(33)13-20)29(19-7-9-21(32)10-8-19)36(30(31)39)26(18-5-6-18)17-42(40,41)27-12-11-23(34)14-25(27)35/h2-4,7-14,18,24,26,29H,5-6,15-17H2,1H3,(H,37,38)/t24?,26?,29-,31-/m1/s1. The highest BCUT2D eigenvalue weighted by molar-refractivity contribution is 7.91. The highest BCUT2D eigenvalue weighted by Crippen LogP contribution is 2.54. The van der Waals surface area contributed by atoms with Crippen LogP contribution < -0.4 is 0 Å². The third kappa shape index (κ3) is 6.19. The fourth-order valence-electron chi connectivity index (χ4n) is 6.21. The predicted octanol–water partition coefficient (Wildman–Crippen LogP) is 7.06. The first-order valence-electron chi connectivity index (χ1n) is 13.5. The molecule has 1 saturated carbocycles. The second-order valence-corrected chi connectivity index (χ2v) is 14.3. The van der Waals surface area contributed by atoms with E-state index >= 15 is 0 Å². The molecule has 11 heteroatoms. The summed E-state index contributed by atoms with van der Waals surface area (Å²) in [6.45, 7) is 1.59. The molecule has 0 aromatic heterocycles. The zero-order valence-corrected chi connectivity index (χ0v) is 25.0. The SMILES string of the molecule is C[C@]1(CC(=O)O)CC(c2cccc(Cl)c2)[C@@H](c2ccc(Cl)cc2)N(C(CS(=O)(=O)c2ccc(F)cc2F)C2CC2)C1=O. The summed E-state index contributed by atoms with van der Waals surface area (Å²) in [6.07, 6.45) is 0.976. The average molecular weight is 637 g/mol. The van der Waals surface area contributed by atoms with Crippen LogP contribution in [-0.4, -0.2) is 42.1 Å². The van der Waals surface area contributed by atoms with Crippen LogP contribution in [0.5, 0.6) is 0 Å². The van der Waals surface area contributed by atoms with E-state index in [0.29, 0.717) is 34.5 Å². The number of halogens is 4. The number of piperidine rings is 1. The molecule has 2 aliphatic rings. The van der Waals surface area contributed by atoms with Gasteiger partial charge < -0.3 is 10.0 Å². The van der Waals surface area contributed by atoms with E-state index in [1.54, 1.807) is 49.4 Å². The molecule has 1 aliphatic heterocycles. The van der Waals surface area contributed by atoms with Crippen LogP contribution in [0.3, 0.4) is 0 Å². The van der Waals surface area contributed by atoms with E-state index in [1.165, 1.54) is 4.90 Å². The molecule has 42 heavy (non-hydrogen) atoms. The van der Waals surface area contributed by atoms with Gasteiger partial charge in [0.25, 0.3) is 0 Å². The van der Waals surface area contributed by atoms with E-state index in [9.17, 15) is 31.9 Å². The first kappa shape index (κ1) is 30.4. The van der Waals surface area contributed by atoms with Gasteiger partial charge in [0.1, 0.15) is 16.5 Å². The van der Waals surface area contributed by atoms with Crippen molar-refractivity contribution in [2.24, 2.45) is 11.3 Å². The molecule has 4 atom stereocenters. The molecule has 0 spiro atoms. The number of carbonyl (C=O) groups is 2. The van der Waals surface area contributed by atoms with Crippen molar-refractivity contribution in [1.29, 1.82) is 0 Å². The number of carbonyl (C=O) groups excluding carboxylic acids is 1. The van der Waals surface area contributed by atoms with E-state index in [4.69, 9.17) is 23.2 Å². The molecule has 0 radical (unpaired) electrons. The van der Waals surface area contributed by atoms with Gasteiger partial charge in [-0.25, -0.2) is 17.2 Å². The molecular formula is C31H29Cl2F2NO5S. The number of carboxylic acids is 1. The van der Waals surface area contributed by atoms with Crippen molar-refractivity contribution in [1.82, 2.24) is 4.90 Å². The zero-order valence-electron chi connectivity index (χ0n) is 22.6. The van der Waals surface area contributed by atoms with E-state index < -0.39 is 73.8 Å². The van der Waals surface area contributed by atoms with Gasteiger partial charge in [0.15, 0.2) is 9.84 Å². The minimum Gasteiger partial charge on any atom is -0.481 e. The Morgan fingerprint density at radius 3 is 2.31 bits per heavy atom. The Labute approximate surface area is 253 Å². The van der Waals surface area contributed by atoms with Crippen LogP contribution in [0.2, 0.25) is 10.0 Å². The maximum atomic E-state index is 14.7. The van der Waals surface area contributed by atoms with Crippen LogP contribution in [0.25, 0.3) is 0 Å². The van der Waals surface area contributed by atoms with Crippen LogP contribution in [0, 0.1) is 23.0 Å². The molecule has 1 aliphatic carbocycles. The molecule has 2 fully saturated rings. The predicted molar refractivity (Wildman–Crippen MR) is 155 cm³/mol. The van der Waals surface area contributed by atoms with Gasteiger partial charge >= 0.3 is 5.97 Å². The van der Waals surface area contributed by atoms with Gasteiger partial charge in [0.05, 0.1) is 23.6 Å². The summed E-state index contributed by atoms with van der Waals surface area (Å²) in [7, 11) is -4.34. The zero-order chi connectivity index (χ0) is 30.4. The summed E-state index contributed by atoms with van der Waals surface area (Å²) in [5.74, 6) is -5.06. The van der Waals surface area contributed by atoms with Crippen molar-refractivity contribution < 1.29 is 31.9 Å². The van der Waals surface area contributed by atoms with Gasteiger partial charge in [-0.15, -0.1) is 0 Å². The van der Waals surface area contributed by atoms with Crippen molar-refractivity contribution in [2.45, 2.75) is 55.5 Å². The molecule has 6 nitrogen and oxygen atoms in total. The van der Waals surface area contributed by atoms with Crippen molar-refractivity contribution in [2.75, 3.05) is 5.75 Å². The first-order valence-corrected chi connectivity index (χ1v) is 15.9. The number of hydrogen-bond acceptors (Lipinski definition) is 4. The number of rotatable bonds is 9. The van der Waals surface area contributed by atoms with Crippen molar-refractivity contribution in [3.63, 3.8) is 0 Å². The molecule has 0 bridgehead atoms. The quantitative estimate of drug-likeness (QED) is 0.254. The van der Waals surface area contributed by atoms with E-state index in [1.807, 2.05) is 6.07 Å². The van der Waals surface area contributed by atoms with Crippen LogP contribution in [0.4, 0.5) is 8.78 Å². The third-order valence-electron chi connectivity index (χ3n) is 8.27. The lowest BCUT2D eigenvalue weighted by Crippen LogP contribution is -2.58. The Balaban J connectivity index is 1.69. The fraction of sp³-hybridized carbons (Fsp3) is 0.355. The van der Waals surface area contributed by atoms with E-state index in [-0.39, 0.29) is 12.3 Å². The van der Waals surface area contributed by atoms with Gasteiger partial charge in [0, 0.05) is 28.1 Å². The topological polar surface area (TPSA) is 91.8 Å². The fourth-order valence-corrected chi connectivity index (χ4v) is 8.23. The van der Waals surface area contributed by atoms with Gasteiger partial charge in [-0.2, -0.15) is 0 Å². The lowest BCUT2D eigenvalue weighted by molar-refractivity contribution is -0.160. The first-order chi connectivity index (χ1) is 19.8. The van der Waals surface area contributed by atoms with Gasteiger partial charge in [-0.05, 0) is 72.7 Å². The maximum absolute atomic E-state index is 14.7. The Morgan fingerprint density at radius 1 is 1.02 bits per heavy atom. The summed E-state index contributed by atoms with van der Waals surface area (Å²) >= 11 is 12.6. The molecule has 222 valence electrons. The summed E-state index contributed by atoms with van der Waals surface area (Å²) in [5.41, 5.74) is 0.0735. The number of nitrogens with zero attached hydrogens (tertiary/aromatic N) is 1. The van der Waals surface area contributed by atoms with Crippen LogP contribution >= 0.6 is 23.2 Å². The number of sulfone groups is 1. The molecule has 1 amide bonds. The summed E-state index contributed by atoms with van der Waals surface area (Å²) in [4.78, 5) is 27.4. The highest BCUT2D eigenvalue weighted by atomic mass is 35.5. The Kier molecular flexibility index (Phi) is 8.40. The molecule has 3 aromatic carbocycles. The van der Waals surface area contributed by atoms with E-state index in [0.717, 1.165) is 17.7 Å². The lowest BCUT2D eigenvalue weighted by Gasteiger charge is -2.52. The van der Waals surface area contributed by atoms with Crippen LogP contribution in [0.1, 0.15) is 55.7 Å². The minimum absolute atomic E-state index is 0.166. The molecule has 1 heterocycles. The number of likely N-dealkylation sites (tertiary alicyclic amines) is 1. The Hall–Kier alpha value is -3.01. The molecule has 5 rings (SSSR count). The second kappa shape index (κ2) is 11.6. The number of aliphatic carboxylic acids is 1. The number of amides is 1. The van der Waals surface area contributed by atoms with Crippen molar-refractivity contribution in [3.05, 3.63) is 99.5 Å². The summed E-state index contributed by atoms with van der Waals surface area (Å²) in [6, 6.07) is 14.7. The molecule has 1 saturated heterocycles. The summed E-state index contributed by atoms with van der Waals surface area (Å²) in [5, 5.41) is 10.7. The second-order valence-electron chi connectivity index (χ2n) is 11.5. The molecular weight excluding hydrogens is 607 g/mol. The smallest absolute Gasteiger partial charge is 0.304 e. The monoisotopic (exact) mass is 635 g/mol. The van der Waals surface area contributed by atoms with Gasteiger partial charge in [0.2, 0.25) is 5.91 Å².